The van der Waals surface area contributed by atoms with E-state index < -0.39 is 33.8 Å². The number of rotatable bonds is 5. The quantitative estimate of drug-likeness (QED) is 0.847. The smallest absolute Gasteiger partial charge is 0.304 e. The van der Waals surface area contributed by atoms with Crippen molar-refractivity contribution in [1.82, 2.24) is 0 Å². The molecule has 4 nitrogen and oxygen atoms in total. The Hall–Kier alpha value is -1.43. The summed E-state index contributed by atoms with van der Waals surface area (Å²) in [6, 6.07) is 5.24. The summed E-state index contributed by atoms with van der Waals surface area (Å²) in [4.78, 5) is 10.2. The maximum atomic E-state index is 12.8. The van der Waals surface area contributed by atoms with Crippen molar-refractivity contribution in [3.63, 3.8) is 0 Å². The van der Waals surface area contributed by atoms with Crippen LogP contribution in [0.25, 0.3) is 0 Å². The molecule has 0 bridgehead atoms. The van der Waals surface area contributed by atoms with Crippen LogP contribution in [0.15, 0.2) is 24.3 Å². The highest BCUT2D eigenvalue weighted by atomic mass is 32.2. The summed E-state index contributed by atoms with van der Waals surface area (Å²) < 4.78 is 35.6. The summed E-state index contributed by atoms with van der Waals surface area (Å²) in [5.41, 5.74) is 0.324. The van der Waals surface area contributed by atoms with Gasteiger partial charge in [0.1, 0.15) is 5.82 Å². The van der Waals surface area contributed by atoms with Crippen molar-refractivity contribution in [2.75, 3.05) is 5.75 Å². The van der Waals surface area contributed by atoms with Gasteiger partial charge in [0, 0.05) is 0 Å². The van der Waals surface area contributed by atoms with Gasteiger partial charge in [-0.3, -0.25) is 4.79 Å². The predicted octanol–water partition coefficient (Wildman–Crippen LogP) is 1.22. The molecule has 1 rings (SSSR count). The first-order valence-corrected chi connectivity index (χ1v) is 6.38. The van der Waals surface area contributed by atoms with Crippen LogP contribution in [0.3, 0.4) is 0 Å². The van der Waals surface area contributed by atoms with Crippen LogP contribution in [-0.2, 0) is 20.4 Å². The fourth-order valence-electron chi connectivity index (χ4n) is 1.20. The minimum Gasteiger partial charge on any atom is -0.481 e. The lowest BCUT2D eigenvalue weighted by Crippen LogP contribution is -2.12. The molecule has 0 aliphatic carbocycles. The number of aliphatic carboxylic acids is 1. The molecular weight excluding hydrogens is 235 g/mol. The van der Waals surface area contributed by atoms with Gasteiger partial charge >= 0.3 is 5.97 Å². The van der Waals surface area contributed by atoms with Gasteiger partial charge < -0.3 is 5.11 Å². The van der Waals surface area contributed by atoms with Crippen molar-refractivity contribution >= 4 is 15.8 Å². The van der Waals surface area contributed by atoms with Crippen LogP contribution in [0.2, 0.25) is 0 Å². The number of benzene rings is 1. The molecule has 0 aliphatic rings. The van der Waals surface area contributed by atoms with Crippen LogP contribution in [0.5, 0.6) is 0 Å². The number of carboxylic acids is 1. The van der Waals surface area contributed by atoms with Crippen LogP contribution in [0.1, 0.15) is 12.0 Å². The Kier molecular flexibility index (Phi) is 4.00. The Balaban J connectivity index is 2.69. The van der Waals surface area contributed by atoms with E-state index >= 15 is 0 Å². The molecule has 0 unspecified atom stereocenters. The molecule has 0 aliphatic heterocycles. The van der Waals surface area contributed by atoms with Crippen molar-refractivity contribution in [2.45, 2.75) is 12.2 Å². The molecule has 0 saturated heterocycles. The Labute approximate surface area is 92.6 Å². The second-order valence-electron chi connectivity index (χ2n) is 3.37. The van der Waals surface area contributed by atoms with Crippen LogP contribution < -0.4 is 0 Å². The van der Waals surface area contributed by atoms with Gasteiger partial charge in [-0.1, -0.05) is 12.1 Å². The topological polar surface area (TPSA) is 71.4 Å². The zero-order valence-electron chi connectivity index (χ0n) is 8.39. The number of carboxylic acid groups (broad SMARTS) is 1. The van der Waals surface area contributed by atoms with Crippen LogP contribution in [0, 0.1) is 5.82 Å². The van der Waals surface area contributed by atoms with E-state index in [-0.39, 0.29) is 5.75 Å². The van der Waals surface area contributed by atoms with Crippen LogP contribution in [-0.4, -0.2) is 25.2 Å². The predicted molar refractivity (Wildman–Crippen MR) is 56.1 cm³/mol. The van der Waals surface area contributed by atoms with Crippen LogP contribution >= 0.6 is 0 Å². The van der Waals surface area contributed by atoms with Crippen LogP contribution in [0.4, 0.5) is 4.39 Å². The van der Waals surface area contributed by atoms with Gasteiger partial charge in [0.05, 0.1) is 17.9 Å². The van der Waals surface area contributed by atoms with E-state index in [0.29, 0.717) is 5.56 Å². The van der Waals surface area contributed by atoms with Gasteiger partial charge in [0.2, 0.25) is 0 Å². The van der Waals surface area contributed by atoms with Crippen molar-refractivity contribution in [1.29, 1.82) is 0 Å². The number of sulfone groups is 1. The van der Waals surface area contributed by atoms with Gasteiger partial charge in [-0.25, -0.2) is 12.8 Å². The third kappa shape index (κ3) is 4.39. The minimum atomic E-state index is -3.49. The summed E-state index contributed by atoms with van der Waals surface area (Å²) in [5.74, 6) is -2.44. The Morgan fingerprint density at radius 1 is 1.38 bits per heavy atom. The lowest BCUT2D eigenvalue weighted by molar-refractivity contribution is -0.136. The Morgan fingerprint density at radius 3 is 2.62 bits per heavy atom. The number of halogens is 1. The average molecular weight is 246 g/mol. The molecule has 0 spiro atoms. The maximum Gasteiger partial charge on any atom is 0.304 e. The van der Waals surface area contributed by atoms with E-state index in [0.717, 1.165) is 6.07 Å². The molecule has 1 aromatic carbocycles. The molecule has 0 aromatic heterocycles. The summed E-state index contributed by atoms with van der Waals surface area (Å²) in [6.45, 7) is 0. The maximum absolute atomic E-state index is 12.8. The SMILES string of the molecule is O=C(O)CCS(=O)(=O)Cc1cccc(F)c1. The van der Waals surface area contributed by atoms with Gasteiger partial charge in [0.25, 0.3) is 0 Å². The minimum absolute atomic E-state index is 0.324. The van der Waals surface area contributed by atoms with E-state index in [1.807, 2.05) is 0 Å². The molecule has 0 amide bonds. The molecular formula is C10H11FO4S. The average Bonchev–Trinajstić information content (AvgIpc) is 2.14. The first kappa shape index (κ1) is 12.6. The molecule has 6 heteroatoms. The Bertz CT molecular complexity index is 481. The first-order valence-electron chi connectivity index (χ1n) is 4.56. The zero-order chi connectivity index (χ0) is 12.2. The second-order valence-corrected chi connectivity index (χ2v) is 5.55. The molecule has 16 heavy (non-hydrogen) atoms. The van der Waals surface area contributed by atoms with Gasteiger partial charge in [-0.15, -0.1) is 0 Å². The van der Waals surface area contributed by atoms with E-state index in [4.69, 9.17) is 5.11 Å². The number of carbonyl (C=O) groups is 1. The molecule has 88 valence electrons. The molecule has 0 saturated carbocycles. The monoisotopic (exact) mass is 246 g/mol. The summed E-state index contributed by atoms with van der Waals surface area (Å²) >= 11 is 0. The fourth-order valence-corrected chi connectivity index (χ4v) is 2.51. The standard InChI is InChI=1S/C10H11FO4S/c11-9-3-1-2-8(6-9)7-16(14,15)5-4-10(12)13/h1-3,6H,4-5,7H2,(H,12,13). The largest absolute Gasteiger partial charge is 0.481 e. The molecule has 0 fully saturated rings. The first-order chi connectivity index (χ1) is 7.39. The van der Waals surface area contributed by atoms with Gasteiger partial charge in [-0.2, -0.15) is 0 Å². The van der Waals surface area contributed by atoms with E-state index in [9.17, 15) is 17.6 Å². The number of hydrogen-bond acceptors (Lipinski definition) is 3. The lowest BCUT2D eigenvalue weighted by Gasteiger charge is -2.02. The summed E-state index contributed by atoms with van der Waals surface area (Å²) in [6.07, 6.45) is -0.433. The number of hydrogen-bond donors (Lipinski definition) is 1. The zero-order valence-corrected chi connectivity index (χ0v) is 9.21. The lowest BCUT2D eigenvalue weighted by atomic mass is 10.2. The highest BCUT2D eigenvalue weighted by molar-refractivity contribution is 7.90. The summed E-state index contributed by atoms with van der Waals surface area (Å²) in [5, 5.41) is 8.36. The van der Waals surface area contributed by atoms with Gasteiger partial charge in [-0.05, 0) is 17.7 Å². The molecule has 0 radical (unpaired) electrons. The van der Waals surface area contributed by atoms with Crippen molar-refractivity contribution in [2.24, 2.45) is 0 Å². The van der Waals surface area contributed by atoms with E-state index in [2.05, 4.69) is 0 Å². The highest BCUT2D eigenvalue weighted by Crippen LogP contribution is 2.09. The molecule has 1 aromatic rings. The van der Waals surface area contributed by atoms with E-state index in [1.165, 1.54) is 18.2 Å². The molecule has 0 heterocycles. The van der Waals surface area contributed by atoms with E-state index in [1.54, 1.807) is 0 Å². The molecule has 1 N–H and O–H groups in total. The summed E-state index contributed by atoms with van der Waals surface area (Å²) in [7, 11) is -3.49. The van der Waals surface area contributed by atoms with Crippen molar-refractivity contribution in [3.05, 3.63) is 35.6 Å². The Morgan fingerprint density at radius 2 is 2.06 bits per heavy atom. The molecule has 0 atom stereocenters. The third-order valence-corrected chi connectivity index (χ3v) is 3.50. The second kappa shape index (κ2) is 5.07. The normalized spacial score (nSPS) is 11.3. The third-order valence-electron chi connectivity index (χ3n) is 1.90. The highest BCUT2D eigenvalue weighted by Gasteiger charge is 2.14. The fraction of sp³-hybridized carbons (Fsp3) is 0.300. The van der Waals surface area contributed by atoms with Crippen molar-refractivity contribution < 1.29 is 22.7 Å². The van der Waals surface area contributed by atoms with Gasteiger partial charge in [0.15, 0.2) is 9.84 Å². The van der Waals surface area contributed by atoms with Crippen molar-refractivity contribution in [3.8, 4) is 0 Å².